The maximum absolute atomic E-state index is 13.1. The van der Waals surface area contributed by atoms with Gasteiger partial charge in [0.2, 0.25) is 11.8 Å². The second kappa shape index (κ2) is 11.7. The van der Waals surface area contributed by atoms with Crippen LogP contribution in [0.2, 0.25) is 0 Å². The van der Waals surface area contributed by atoms with Crippen molar-refractivity contribution in [1.29, 1.82) is 0 Å². The molecule has 29 heavy (non-hydrogen) atoms. The minimum absolute atomic E-state index is 0.00655. The molecule has 1 aliphatic heterocycles. The number of allylic oxidation sites excluding steroid dienone is 3. The van der Waals surface area contributed by atoms with E-state index in [0.717, 1.165) is 35.2 Å². The maximum Gasteiger partial charge on any atom is 0.227 e. The number of amides is 2. The SMILES string of the molecule is C=C/C1=C(\C=C/C)CN(C(=O)CCCC(=O)NCCCC)c2ccccc2C#C1. The second-order valence-corrected chi connectivity index (χ2v) is 6.95. The van der Waals surface area contributed by atoms with E-state index in [2.05, 4.69) is 30.7 Å². The Morgan fingerprint density at radius 3 is 2.72 bits per heavy atom. The number of fused-ring (bicyclic) bond motifs is 1. The predicted molar refractivity (Wildman–Crippen MR) is 119 cm³/mol. The van der Waals surface area contributed by atoms with Gasteiger partial charge in [0.1, 0.15) is 0 Å². The minimum Gasteiger partial charge on any atom is -0.356 e. The molecule has 4 nitrogen and oxygen atoms in total. The molecule has 1 aliphatic rings. The Morgan fingerprint density at radius 1 is 1.21 bits per heavy atom. The number of nitrogens with one attached hydrogen (secondary N) is 1. The number of unbranched alkanes of at least 4 members (excludes halogenated alkanes) is 1. The number of anilines is 1. The summed E-state index contributed by atoms with van der Waals surface area (Å²) in [5.74, 6) is 6.35. The molecule has 0 radical (unpaired) electrons. The Kier molecular flexibility index (Phi) is 8.98. The van der Waals surface area contributed by atoms with Crippen molar-refractivity contribution in [3.63, 3.8) is 0 Å². The molecule has 1 aromatic carbocycles. The normalized spacial score (nSPS) is 15.7. The molecule has 0 unspecified atom stereocenters. The summed E-state index contributed by atoms with van der Waals surface area (Å²) in [6.07, 6.45) is 8.87. The lowest BCUT2D eigenvalue weighted by atomic mass is 10.0. The van der Waals surface area contributed by atoms with Gasteiger partial charge >= 0.3 is 0 Å². The lowest BCUT2D eigenvalue weighted by Gasteiger charge is -2.26. The quantitative estimate of drug-likeness (QED) is 0.497. The van der Waals surface area contributed by atoms with Gasteiger partial charge in [-0.05, 0) is 37.5 Å². The maximum atomic E-state index is 13.1. The summed E-state index contributed by atoms with van der Waals surface area (Å²) in [7, 11) is 0. The topological polar surface area (TPSA) is 49.4 Å². The van der Waals surface area contributed by atoms with Crippen molar-refractivity contribution in [3.05, 3.63) is 65.8 Å². The second-order valence-electron chi connectivity index (χ2n) is 6.95. The van der Waals surface area contributed by atoms with Crippen LogP contribution in [-0.2, 0) is 9.59 Å². The van der Waals surface area contributed by atoms with Gasteiger partial charge < -0.3 is 10.2 Å². The molecular weight excluding hydrogens is 360 g/mol. The van der Waals surface area contributed by atoms with Gasteiger partial charge in [0.25, 0.3) is 0 Å². The fourth-order valence-corrected chi connectivity index (χ4v) is 3.15. The van der Waals surface area contributed by atoms with Crippen molar-refractivity contribution in [3.8, 4) is 11.8 Å². The third-order valence-electron chi connectivity index (χ3n) is 4.72. The summed E-state index contributed by atoms with van der Waals surface area (Å²) in [6, 6.07) is 7.68. The highest BCUT2D eigenvalue weighted by molar-refractivity contribution is 5.96. The zero-order valence-electron chi connectivity index (χ0n) is 17.5. The van der Waals surface area contributed by atoms with E-state index in [-0.39, 0.29) is 11.8 Å². The molecule has 0 atom stereocenters. The summed E-state index contributed by atoms with van der Waals surface area (Å²) in [5.41, 5.74) is 3.40. The Balaban J connectivity index is 2.16. The number of hydrogen-bond acceptors (Lipinski definition) is 2. The van der Waals surface area contributed by atoms with E-state index in [1.54, 1.807) is 11.0 Å². The molecule has 0 aromatic heterocycles. The molecule has 4 heteroatoms. The molecule has 0 bridgehead atoms. The summed E-state index contributed by atoms with van der Waals surface area (Å²) in [6.45, 7) is 9.03. The monoisotopic (exact) mass is 390 g/mol. The van der Waals surface area contributed by atoms with Crippen LogP contribution in [0, 0.1) is 11.8 Å². The molecule has 2 rings (SSSR count). The molecule has 1 N–H and O–H groups in total. The van der Waals surface area contributed by atoms with Crippen molar-refractivity contribution in [2.24, 2.45) is 0 Å². The van der Waals surface area contributed by atoms with Gasteiger partial charge in [-0.3, -0.25) is 9.59 Å². The Bertz CT molecular complexity index is 868. The number of rotatable bonds is 9. The standard InChI is InChI=1S/C25H30N2O2/c1-4-7-18-26-24(28)14-10-15-25(29)27-19-22(11-5-2)20(6-3)16-17-21-12-8-9-13-23(21)27/h5-6,8-9,11-13H,3-4,7,10,14-15,18-19H2,1-2H3,(H,26,28)/b11-5-,22-20-. The van der Waals surface area contributed by atoms with Gasteiger partial charge in [0.15, 0.2) is 0 Å². The van der Waals surface area contributed by atoms with E-state index in [1.807, 2.05) is 43.3 Å². The van der Waals surface area contributed by atoms with Gasteiger partial charge in [0.05, 0.1) is 12.2 Å². The Labute approximate surface area is 174 Å². The molecule has 0 fully saturated rings. The van der Waals surface area contributed by atoms with Crippen LogP contribution < -0.4 is 10.2 Å². The molecule has 152 valence electrons. The molecule has 0 saturated carbocycles. The zero-order valence-corrected chi connectivity index (χ0v) is 17.5. The highest BCUT2D eigenvalue weighted by atomic mass is 16.2. The highest BCUT2D eigenvalue weighted by Crippen LogP contribution is 2.25. The molecule has 1 aromatic rings. The van der Waals surface area contributed by atoms with Crippen molar-refractivity contribution >= 4 is 17.5 Å². The number of nitrogens with zero attached hydrogens (tertiary/aromatic N) is 1. The van der Waals surface area contributed by atoms with Crippen LogP contribution in [0.1, 0.15) is 51.5 Å². The van der Waals surface area contributed by atoms with E-state index >= 15 is 0 Å². The van der Waals surface area contributed by atoms with Gasteiger partial charge in [-0.15, -0.1) is 0 Å². The smallest absolute Gasteiger partial charge is 0.227 e. The molecular formula is C25H30N2O2. The third kappa shape index (κ3) is 6.50. The van der Waals surface area contributed by atoms with Crippen molar-refractivity contribution in [2.45, 2.75) is 46.0 Å². The van der Waals surface area contributed by atoms with Gasteiger partial charge in [0, 0.05) is 30.5 Å². The molecule has 0 aliphatic carbocycles. The molecule has 0 saturated heterocycles. The van der Waals surface area contributed by atoms with Crippen LogP contribution in [0.15, 0.2) is 60.2 Å². The van der Waals surface area contributed by atoms with E-state index in [4.69, 9.17) is 0 Å². The lowest BCUT2D eigenvalue weighted by Crippen LogP contribution is -2.34. The van der Waals surface area contributed by atoms with Crippen LogP contribution in [0.4, 0.5) is 5.69 Å². The van der Waals surface area contributed by atoms with Crippen LogP contribution in [0.25, 0.3) is 0 Å². The fraction of sp³-hybridized carbons (Fsp3) is 0.360. The molecule has 2 amide bonds. The van der Waals surface area contributed by atoms with Crippen LogP contribution >= 0.6 is 0 Å². The van der Waals surface area contributed by atoms with Crippen LogP contribution in [0.3, 0.4) is 0 Å². The first kappa shape index (κ1) is 22.2. The Hall–Kier alpha value is -3.06. The van der Waals surface area contributed by atoms with E-state index < -0.39 is 0 Å². The average molecular weight is 391 g/mol. The summed E-state index contributed by atoms with van der Waals surface area (Å²) in [4.78, 5) is 26.8. The van der Waals surface area contributed by atoms with Crippen molar-refractivity contribution in [1.82, 2.24) is 5.32 Å². The highest BCUT2D eigenvalue weighted by Gasteiger charge is 2.21. The fourth-order valence-electron chi connectivity index (χ4n) is 3.15. The van der Waals surface area contributed by atoms with Crippen molar-refractivity contribution < 1.29 is 9.59 Å². The Morgan fingerprint density at radius 2 is 2.00 bits per heavy atom. The van der Waals surface area contributed by atoms with E-state index in [9.17, 15) is 9.59 Å². The van der Waals surface area contributed by atoms with Crippen molar-refractivity contribution in [2.75, 3.05) is 18.0 Å². The van der Waals surface area contributed by atoms with Gasteiger partial charge in [-0.25, -0.2) is 0 Å². The number of carbonyl (C=O) groups excluding carboxylic acids is 2. The predicted octanol–water partition coefficient (Wildman–Crippen LogP) is 4.53. The number of hydrogen-bond donors (Lipinski definition) is 1. The zero-order chi connectivity index (χ0) is 21.1. The average Bonchev–Trinajstić information content (AvgIpc) is 2.71. The van der Waals surface area contributed by atoms with Crippen LogP contribution in [0.5, 0.6) is 0 Å². The van der Waals surface area contributed by atoms with E-state index in [0.29, 0.717) is 32.4 Å². The first-order valence-corrected chi connectivity index (χ1v) is 10.3. The summed E-state index contributed by atoms with van der Waals surface area (Å²) < 4.78 is 0. The minimum atomic E-state index is -0.00655. The molecule has 1 heterocycles. The number of para-hydroxylation sites is 1. The summed E-state index contributed by atoms with van der Waals surface area (Å²) >= 11 is 0. The molecule has 0 spiro atoms. The number of carbonyl (C=O) groups is 2. The first-order valence-electron chi connectivity index (χ1n) is 10.3. The van der Waals surface area contributed by atoms with Gasteiger partial charge in [-0.2, -0.15) is 0 Å². The largest absolute Gasteiger partial charge is 0.356 e. The lowest BCUT2D eigenvalue weighted by molar-refractivity contribution is -0.121. The number of benzene rings is 1. The van der Waals surface area contributed by atoms with Crippen LogP contribution in [-0.4, -0.2) is 24.9 Å². The van der Waals surface area contributed by atoms with E-state index in [1.165, 1.54) is 0 Å². The first-order chi connectivity index (χ1) is 14.1. The summed E-state index contributed by atoms with van der Waals surface area (Å²) in [5, 5.41) is 2.90. The van der Waals surface area contributed by atoms with Gasteiger partial charge in [-0.1, -0.05) is 62.1 Å². The third-order valence-corrected chi connectivity index (χ3v) is 4.72.